The average molecular weight is 363 g/mol. The summed E-state index contributed by atoms with van der Waals surface area (Å²) in [6, 6.07) is 9.20. The summed E-state index contributed by atoms with van der Waals surface area (Å²) in [7, 11) is 0. The Morgan fingerprint density at radius 1 is 0.846 bits per heavy atom. The molecule has 0 aliphatic heterocycles. The minimum atomic E-state index is 0.558. The van der Waals surface area contributed by atoms with Crippen molar-refractivity contribution in [3.05, 3.63) is 35.4 Å². The molecule has 1 fully saturated rings. The Labute approximate surface area is 167 Å². The Morgan fingerprint density at radius 2 is 1.38 bits per heavy atom. The van der Waals surface area contributed by atoms with Crippen molar-refractivity contribution in [2.24, 2.45) is 17.3 Å². The van der Waals surface area contributed by atoms with Gasteiger partial charge in [-0.2, -0.15) is 0 Å². The van der Waals surface area contributed by atoms with Crippen LogP contribution in [0.25, 0.3) is 0 Å². The van der Waals surface area contributed by atoms with Gasteiger partial charge in [0.15, 0.2) is 0 Å². The zero-order valence-electron chi connectivity index (χ0n) is 20.1. The monoisotopic (exact) mass is 362 g/mol. The van der Waals surface area contributed by atoms with E-state index in [-0.39, 0.29) is 0 Å². The predicted octanol–water partition coefficient (Wildman–Crippen LogP) is 9.28. The second kappa shape index (κ2) is 15.3. The normalized spacial score (nSPS) is 24.2. The molecule has 0 saturated heterocycles. The second-order valence-corrected chi connectivity index (χ2v) is 7.05. The summed E-state index contributed by atoms with van der Waals surface area (Å²) < 4.78 is 0. The van der Waals surface area contributed by atoms with Crippen molar-refractivity contribution in [3.8, 4) is 0 Å². The molecular formula is C26H50. The third-order valence-corrected chi connectivity index (χ3v) is 5.78. The number of fused-ring (bicyclic) bond motifs is 3. The molecule has 0 aromatic heterocycles. The van der Waals surface area contributed by atoms with Gasteiger partial charge >= 0.3 is 0 Å². The highest BCUT2D eigenvalue weighted by Crippen LogP contribution is 2.55. The van der Waals surface area contributed by atoms with Crippen LogP contribution < -0.4 is 0 Å². The lowest BCUT2D eigenvalue weighted by molar-refractivity contribution is 0.0435. The summed E-state index contributed by atoms with van der Waals surface area (Å²) in [5.74, 6) is 2.71. The molecule has 2 aliphatic rings. The lowest BCUT2D eigenvalue weighted by Crippen LogP contribution is -2.40. The van der Waals surface area contributed by atoms with Crippen LogP contribution in [0.4, 0.5) is 0 Å². The number of rotatable bonds is 1. The minimum Gasteiger partial charge on any atom is -0.0683 e. The number of benzene rings is 1. The van der Waals surface area contributed by atoms with E-state index in [2.05, 4.69) is 45.0 Å². The molecule has 0 amide bonds. The molecule has 0 nitrogen and oxygen atoms in total. The first-order valence-electron chi connectivity index (χ1n) is 11.7. The SMILES string of the molecule is CC.CC.CC.CC.CCC1C2CCc3ccccc3C2CCC1(C)C. The van der Waals surface area contributed by atoms with E-state index in [0.29, 0.717) is 5.41 Å². The smallest absolute Gasteiger partial charge is 0.0128 e. The molecule has 3 atom stereocenters. The van der Waals surface area contributed by atoms with Gasteiger partial charge in [0.05, 0.1) is 0 Å². The van der Waals surface area contributed by atoms with E-state index in [1.54, 1.807) is 11.1 Å². The summed E-state index contributed by atoms with van der Waals surface area (Å²) in [4.78, 5) is 0. The van der Waals surface area contributed by atoms with E-state index in [0.717, 1.165) is 17.8 Å². The van der Waals surface area contributed by atoms with E-state index in [1.807, 2.05) is 55.4 Å². The van der Waals surface area contributed by atoms with Crippen LogP contribution in [0.5, 0.6) is 0 Å². The van der Waals surface area contributed by atoms with E-state index in [4.69, 9.17) is 0 Å². The van der Waals surface area contributed by atoms with Crippen LogP contribution in [0.1, 0.15) is 119 Å². The average Bonchev–Trinajstić information content (AvgIpc) is 2.73. The number of aryl methyl sites for hydroxylation is 1. The molecule has 0 radical (unpaired) electrons. The fourth-order valence-electron chi connectivity index (χ4n) is 4.88. The van der Waals surface area contributed by atoms with Crippen LogP contribution in [0, 0.1) is 17.3 Å². The lowest BCUT2D eigenvalue weighted by atomic mass is 9.54. The molecule has 0 heteroatoms. The first-order chi connectivity index (χ1) is 12.6. The standard InChI is InChI=1S/C18H26.4C2H6/c1-4-17-16-10-9-13-7-5-6-8-14(13)15(16)11-12-18(17,2)3;4*1-2/h5-8,15-17H,4,9-12H2,1-3H3;4*1-2H3. The molecule has 3 unspecified atom stereocenters. The van der Waals surface area contributed by atoms with Crippen molar-refractivity contribution in [2.75, 3.05) is 0 Å². The van der Waals surface area contributed by atoms with Gasteiger partial charge in [0, 0.05) is 0 Å². The summed E-state index contributed by atoms with van der Waals surface area (Å²) in [6.07, 6.45) is 6.90. The zero-order chi connectivity index (χ0) is 20.8. The van der Waals surface area contributed by atoms with Crippen molar-refractivity contribution in [1.29, 1.82) is 0 Å². The van der Waals surface area contributed by atoms with Crippen LogP contribution in [-0.4, -0.2) is 0 Å². The van der Waals surface area contributed by atoms with Gasteiger partial charge in [-0.1, -0.05) is 107 Å². The second-order valence-electron chi connectivity index (χ2n) is 7.05. The molecule has 0 N–H and O–H groups in total. The highest BCUT2D eigenvalue weighted by molar-refractivity contribution is 5.34. The van der Waals surface area contributed by atoms with Crippen molar-refractivity contribution in [3.63, 3.8) is 0 Å². The summed E-state index contributed by atoms with van der Waals surface area (Å²) in [5.41, 5.74) is 3.87. The third-order valence-electron chi connectivity index (χ3n) is 5.78. The third kappa shape index (κ3) is 6.75. The van der Waals surface area contributed by atoms with Gasteiger partial charge in [-0.05, 0) is 60.0 Å². The molecule has 1 aromatic carbocycles. The van der Waals surface area contributed by atoms with Gasteiger partial charge in [-0.15, -0.1) is 0 Å². The van der Waals surface area contributed by atoms with Crippen molar-refractivity contribution in [2.45, 2.75) is 114 Å². The highest BCUT2D eigenvalue weighted by Gasteiger charge is 2.44. The molecular weight excluding hydrogens is 312 g/mol. The van der Waals surface area contributed by atoms with Crippen LogP contribution in [0.15, 0.2) is 24.3 Å². The minimum absolute atomic E-state index is 0.558. The molecule has 1 aromatic rings. The maximum Gasteiger partial charge on any atom is -0.0128 e. The Hall–Kier alpha value is -0.780. The van der Waals surface area contributed by atoms with E-state index < -0.39 is 0 Å². The van der Waals surface area contributed by atoms with Crippen LogP contribution in [0.2, 0.25) is 0 Å². The lowest BCUT2D eigenvalue weighted by Gasteiger charge is -2.50. The number of hydrogen-bond acceptors (Lipinski definition) is 0. The van der Waals surface area contributed by atoms with Crippen LogP contribution in [0.3, 0.4) is 0 Å². The highest BCUT2D eigenvalue weighted by atomic mass is 14.5. The van der Waals surface area contributed by atoms with E-state index in [9.17, 15) is 0 Å². The summed E-state index contributed by atoms with van der Waals surface area (Å²) >= 11 is 0. The van der Waals surface area contributed by atoms with Gasteiger partial charge in [0.25, 0.3) is 0 Å². The zero-order valence-corrected chi connectivity index (χ0v) is 20.1. The van der Waals surface area contributed by atoms with Crippen LogP contribution in [-0.2, 0) is 6.42 Å². The molecule has 0 heterocycles. The van der Waals surface area contributed by atoms with Gasteiger partial charge in [0.1, 0.15) is 0 Å². The quantitative estimate of drug-likeness (QED) is 0.467. The van der Waals surface area contributed by atoms with E-state index >= 15 is 0 Å². The Bertz CT molecular complexity index is 429. The van der Waals surface area contributed by atoms with Crippen molar-refractivity contribution in [1.82, 2.24) is 0 Å². The first kappa shape index (κ1) is 27.4. The number of hydrogen-bond donors (Lipinski definition) is 0. The first-order valence-corrected chi connectivity index (χ1v) is 11.7. The summed E-state index contributed by atoms with van der Waals surface area (Å²) in [6.45, 7) is 23.4. The molecule has 0 spiro atoms. The van der Waals surface area contributed by atoms with Crippen LogP contribution >= 0.6 is 0 Å². The molecule has 26 heavy (non-hydrogen) atoms. The largest absolute Gasteiger partial charge is 0.0683 e. The van der Waals surface area contributed by atoms with E-state index in [1.165, 1.54) is 32.1 Å². The molecule has 1 saturated carbocycles. The molecule has 154 valence electrons. The van der Waals surface area contributed by atoms with Gasteiger partial charge in [-0.3, -0.25) is 0 Å². The molecule has 2 aliphatic carbocycles. The maximum atomic E-state index is 2.50. The molecule has 3 rings (SSSR count). The van der Waals surface area contributed by atoms with Crippen molar-refractivity contribution < 1.29 is 0 Å². The topological polar surface area (TPSA) is 0 Å². The predicted molar refractivity (Wildman–Crippen MR) is 123 cm³/mol. The fourth-order valence-corrected chi connectivity index (χ4v) is 4.88. The Balaban J connectivity index is 0. The Kier molecular flexibility index (Phi) is 16.1. The fraction of sp³-hybridized carbons (Fsp3) is 0.769. The van der Waals surface area contributed by atoms with Gasteiger partial charge in [0.2, 0.25) is 0 Å². The summed E-state index contributed by atoms with van der Waals surface area (Å²) in [5, 5.41) is 0. The maximum absolute atomic E-state index is 2.50. The Morgan fingerprint density at radius 3 is 1.92 bits per heavy atom. The molecule has 0 bridgehead atoms. The van der Waals surface area contributed by atoms with Gasteiger partial charge in [-0.25, -0.2) is 0 Å². The van der Waals surface area contributed by atoms with Crippen molar-refractivity contribution >= 4 is 0 Å². The van der Waals surface area contributed by atoms with Gasteiger partial charge < -0.3 is 0 Å².